The Morgan fingerprint density at radius 1 is 1.31 bits per heavy atom. The second-order valence-electron chi connectivity index (χ2n) is 4.06. The van der Waals surface area contributed by atoms with Crippen LogP contribution in [0.5, 0.6) is 0 Å². The fourth-order valence-corrected chi connectivity index (χ4v) is 1.92. The fourth-order valence-electron chi connectivity index (χ4n) is 1.92. The molecule has 16 heavy (non-hydrogen) atoms. The van der Waals surface area contributed by atoms with Gasteiger partial charge in [0.25, 0.3) is 0 Å². The summed E-state index contributed by atoms with van der Waals surface area (Å²) in [5.41, 5.74) is 1.01. The maximum atomic E-state index is 4.26. The molecule has 2 aromatic rings. The van der Waals surface area contributed by atoms with E-state index in [-0.39, 0.29) is 0 Å². The summed E-state index contributed by atoms with van der Waals surface area (Å²) in [4.78, 5) is 10.6. The SMILES string of the molecule is Cc1cc(N2CC(n3cccn3)C2)ncn1. The molecule has 0 atom stereocenters. The quantitative estimate of drug-likeness (QED) is 0.751. The molecule has 1 aliphatic heterocycles. The van der Waals surface area contributed by atoms with Crippen molar-refractivity contribution in [3.63, 3.8) is 0 Å². The van der Waals surface area contributed by atoms with Gasteiger partial charge in [-0.15, -0.1) is 0 Å². The molecule has 0 N–H and O–H groups in total. The van der Waals surface area contributed by atoms with Crippen molar-refractivity contribution in [3.8, 4) is 0 Å². The number of aromatic nitrogens is 4. The van der Waals surface area contributed by atoms with Crippen LogP contribution in [-0.4, -0.2) is 32.8 Å². The minimum Gasteiger partial charge on any atom is -0.352 e. The van der Waals surface area contributed by atoms with E-state index in [1.807, 2.05) is 36.1 Å². The Morgan fingerprint density at radius 3 is 2.88 bits per heavy atom. The highest BCUT2D eigenvalue weighted by Crippen LogP contribution is 2.25. The molecule has 5 heteroatoms. The summed E-state index contributed by atoms with van der Waals surface area (Å²) in [5.74, 6) is 1.01. The zero-order valence-electron chi connectivity index (χ0n) is 9.11. The fraction of sp³-hybridized carbons (Fsp3) is 0.364. The van der Waals surface area contributed by atoms with Gasteiger partial charge in [0.05, 0.1) is 6.04 Å². The maximum absolute atomic E-state index is 4.26. The third-order valence-electron chi connectivity index (χ3n) is 2.87. The third kappa shape index (κ3) is 1.54. The predicted molar refractivity (Wildman–Crippen MR) is 60.2 cm³/mol. The van der Waals surface area contributed by atoms with Crippen LogP contribution in [0.2, 0.25) is 0 Å². The Labute approximate surface area is 93.7 Å². The molecular weight excluding hydrogens is 202 g/mol. The lowest BCUT2D eigenvalue weighted by atomic mass is 10.1. The lowest BCUT2D eigenvalue weighted by Gasteiger charge is -2.40. The van der Waals surface area contributed by atoms with Crippen molar-refractivity contribution in [2.75, 3.05) is 18.0 Å². The first-order valence-electron chi connectivity index (χ1n) is 5.35. The zero-order chi connectivity index (χ0) is 11.0. The minimum atomic E-state index is 0.477. The van der Waals surface area contributed by atoms with Gasteiger partial charge >= 0.3 is 0 Å². The standard InChI is InChI=1S/C11H13N5/c1-9-5-11(13-8-12-9)15-6-10(7-15)16-4-2-3-14-16/h2-5,8,10H,6-7H2,1H3. The van der Waals surface area contributed by atoms with Crippen LogP contribution in [0.15, 0.2) is 30.9 Å². The van der Waals surface area contributed by atoms with Crippen molar-refractivity contribution in [1.82, 2.24) is 19.7 Å². The minimum absolute atomic E-state index is 0.477. The van der Waals surface area contributed by atoms with E-state index in [1.165, 1.54) is 0 Å². The molecule has 0 aliphatic carbocycles. The number of rotatable bonds is 2. The first-order valence-corrected chi connectivity index (χ1v) is 5.35. The summed E-state index contributed by atoms with van der Waals surface area (Å²) in [5, 5.41) is 4.24. The smallest absolute Gasteiger partial charge is 0.132 e. The van der Waals surface area contributed by atoms with Crippen LogP contribution >= 0.6 is 0 Å². The second-order valence-corrected chi connectivity index (χ2v) is 4.06. The van der Waals surface area contributed by atoms with Gasteiger partial charge in [0.2, 0.25) is 0 Å². The molecule has 2 aromatic heterocycles. The number of hydrogen-bond acceptors (Lipinski definition) is 4. The van der Waals surface area contributed by atoms with E-state index in [2.05, 4.69) is 20.0 Å². The summed E-state index contributed by atoms with van der Waals surface area (Å²) in [6, 6.07) is 4.45. The van der Waals surface area contributed by atoms with Crippen LogP contribution in [0, 0.1) is 6.92 Å². The normalized spacial score (nSPS) is 16.2. The van der Waals surface area contributed by atoms with E-state index in [1.54, 1.807) is 6.33 Å². The van der Waals surface area contributed by atoms with Gasteiger partial charge in [-0.2, -0.15) is 5.10 Å². The van der Waals surface area contributed by atoms with Gasteiger partial charge in [0.15, 0.2) is 0 Å². The maximum Gasteiger partial charge on any atom is 0.132 e. The lowest BCUT2D eigenvalue weighted by Crippen LogP contribution is -2.48. The van der Waals surface area contributed by atoms with Crippen molar-refractivity contribution in [3.05, 3.63) is 36.5 Å². The highest BCUT2D eigenvalue weighted by Gasteiger charge is 2.29. The molecule has 1 saturated heterocycles. The average molecular weight is 215 g/mol. The average Bonchev–Trinajstić information content (AvgIpc) is 2.69. The molecular formula is C11H13N5. The molecule has 1 fully saturated rings. The zero-order valence-corrected chi connectivity index (χ0v) is 9.11. The molecule has 0 saturated carbocycles. The summed E-state index contributed by atoms with van der Waals surface area (Å²) in [6.07, 6.45) is 5.44. The molecule has 1 aliphatic rings. The Morgan fingerprint density at radius 2 is 2.19 bits per heavy atom. The van der Waals surface area contributed by atoms with Crippen molar-refractivity contribution in [1.29, 1.82) is 0 Å². The van der Waals surface area contributed by atoms with Gasteiger partial charge in [-0.1, -0.05) is 0 Å². The largest absolute Gasteiger partial charge is 0.352 e. The Kier molecular flexibility index (Phi) is 2.09. The van der Waals surface area contributed by atoms with Gasteiger partial charge in [0.1, 0.15) is 12.1 Å². The summed E-state index contributed by atoms with van der Waals surface area (Å²) in [7, 11) is 0. The Balaban J connectivity index is 1.69. The van der Waals surface area contributed by atoms with Crippen LogP contribution in [0.4, 0.5) is 5.82 Å². The highest BCUT2D eigenvalue weighted by molar-refractivity contribution is 5.42. The lowest BCUT2D eigenvalue weighted by molar-refractivity contribution is 0.366. The van der Waals surface area contributed by atoms with E-state index in [0.717, 1.165) is 24.6 Å². The molecule has 0 amide bonds. The Bertz CT molecular complexity index is 473. The van der Waals surface area contributed by atoms with Crippen LogP contribution in [0.25, 0.3) is 0 Å². The molecule has 0 bridgehead atoms. The van der Waals surface area contributed by atoms with Crippen molar-refractivity contribution >= 4 is 5.82 Å². The molecule has 3 rings (SSSR count). The second kappa shape index (κ2) is 3.59. The Hall–Kier alpha value is -1.91. The van der Waals surface area contributed by atoms with Crippen molar-refractivity contribution in [2.45, 2.75) is 13.0 Å². The van der Waals surface area contributed by atoms with Gasteiger partial charge < -0.3 is 4.90 Å². The van der Waals surface area contributed by atoms with Crippen molar-refractivity contribution < 1.29 is 0 Å². The third-order valence-corrected chi connectivity index (χ3v) is 2.87. The van der Waals surface area contributed by atoms with Crippen molar-refractivity contribution in [2.24, 2.45) is 0 Å². The van der Waals surface area contributed by atoms with Gasteiger partial charge in [-0.3, -0.25) is 4.68 Å². The molecule has 82 valence electrons. The van der Waals surface area contributed by atoms with Gasteiger partial charge in [0, 0.05) is 37.2 Å². The van der Waals surface area contributed by atoms with E-state index in [9.17, 15) is 0 Å². The number of anilines is 1. The van der Waals surface area contributed by atoms with E-state index in [0.29, 0.717) is 6.04 Å². The summed E-state index contributed by atoms with van der Waals surface area (Å²) >= 11 is 0. The van der Waals surface area contributed by atoms with Crippen LogP contribution in [0.1, 0.15) is 11.7 Å². The first-order chi connectivity index (χ1) is 7.83. The van der Waals surface area contributed by atoms with E-state index < -0.39 is 0 Å². The number of hydrogen-bond donors (Lipinski definition) is 0. The molecule has 0 spiro atoms. The topological polar surface area (TPSA) is 46.8 Å². The van der Waals surface area contributed by atoms with Gasteiger partial charge in [-0.05, 0) is 13.0 Å². The molecule has 0 aromatic carbocycles. The predicted octanol–water partition coefficient (Wildman–Crippen LogP) is 1.04. The molecule has 5 nitrogen and oxygen atoms in total. The molecule has 3 heterocycles. The number of nitrogens with zero attached hydrogens (tertiary/aromatic N) is 5. The van der Waals surface area contributed by atoms with E-state index in [4.69, 9.17) is 0 Å². The van der Waals surface area contributed by atoms with Gasteiger partial charge in [-0.25, -0.2) is 9.97 Å². The van der Waals surface area contributed by atoms with Crippen LogP contribution in [0.3, 0.4) is 0 Å². The first kappa shape index (κ1) is 9.33. The number of aryl methyl sites for hydroxylation is 1. The molecule has 0 radical (unpaired) electrons. The van der Waals surface area contributed by atoms with E-state index >= 15 is 0 Å². The monoisotopic (exact) mass is 215 g/mol. The van der Waals surface area contributed by atoms with Crippen LogP contribution < -0.4 is 4.90 Å². The highest BCUT2D eigenvalue weighted by atomic mass is 15.4. The molecule has 0 unspecified atom stereocenters. The van der Waals surface area contributed by atoms with Crippen LogP contribution in [-0.2, 0) is 0 Å². The summed E-state index contributed by atoms with van der Waals surface area (Å²) < 4.78 is 2.00. The summed E-state index contributed by atoms with van der Waals surface area (Å²) in [6.45, 7) is 3.92.